The maximum absolute atomic E-state index is 9.64. The lowest BCUT2D eigenvalue weighted by atomic mass is 9.72. The molecule has 1 heterocycles. The zero-order valence-corrected chi connectivity index (χ0v) is 34.6. The number of fused-ring (bicyclic) bond motifs is 1. The Labute approximate surface area is 363 Å². The highest BCUT2D eigenvalue weighted by molar-refractivity contribution is 5.81. The molecule has 4 atom stereocenters. The molecule has 11 rings (SSSR count). The highest BCUT2D eigenvalue weighted by Crippen LogP contribution is 2.72. The summed E-state index contributed by atoms with van der Waals surface area (Å²) in [5, 5.41) is 19.0. The molecule has 3 fully saturated rings. The summed E-state index contributed by atoms with van der Waals surface area (Å²) in [6.07, 6.45) is 6.81. The normalized spacial score (nSPS) is 20.8. The Kier molecular flexibility index (Phi) is 9.02. The zero-order chi connectivity index (χ0) is 41.8. The first-order valence-corrected chi connectivity index (χ1v) is 21.7. The van der Waals surface area contributed by atoms with Gasteiger partial charge in [0.25, 0.3) is 0 Å². The molecule has 8 aromatic rings. The number of nitrogens with zero attached hydrogens (tertiary/aromatic N) is 5. The van der Waals surface area contributed by atoms with Crippen molar-refractivity contribution in [1.82, 2.24) is 15.0 Å². The van der Waals surface area contributed by atoms with Crippen LogP contribution in [0.5, 0.6) is 0 Å². The molecule has 0 saturated heterocycles. The van der Waals surface area contributed by atoms with Crippen LogP contribution in [0.2, 0.25) is 0 Å². The van der Waals surface area contributed by atoms with Gasteiger partial charge in [0.2, 0.25) is 0 Å². The van der Waals surface area contributed by atoms with E-state index in [1.807, 2.05) is 78.9 Å². The van der Waals surface area contributed by atoms with Crippen molar-refractivity contribution in [3.63, 3.8) is 0 Å². The number of rotatable bonds is 8. The van der Waals surface area contributed by atoms with E-state index in [0.29, 0.717) is 39.4 Å². The molecule has 5 heteroatoms. The molecule has 2 unspecified atom stereocenters. The molecule has 2 bridgehead atoms. The van der Waals surface area contributed by atoms with Gasteiger partial charge in [-0.05, 0) is 159 Å². The highest BCUT2D eigenvalue weighted by atomic mass is 15.0. The number of benzene rings is 7. The van der Waals surface area contributed by atoms with Crippen LogP contribution in [0.25, 0.3) is 78.7 Å². The van der Waals surface area contributed by atoms with Gasteiger partial charge >= 0.3 is 0 Å². The second kappa shape index (κ2) is 14.9. The molecule has 3 saturated carbocycles. The third-order valence-electron chi connectivity index (χ3n) is 14.4. The van der Waals surface area contributed by atoms with Gasteiger partial charge in [0.15, 0.2) is 17.5 Å². The molecule has 0 radical (unpaired) electrons. The number of nitriles is 2. The van der Waals surface area contributed by atoms with Crippen molar-refractivity contribution in [2.24, 2.45) is 17.3 Å². The van der Waals surface area contributed by atoms with E-state index in [4.69, 9.17) is 15.0 Å². The third kappa shape index (κ3) is 6.59. The van der Waals surface area contributed by atoms with Crippen molar-refractivity contribution in [3.05, 3.63) is 187 Å². The first-order valence-electron chi connectivity index (χ1n) is 21.7. The molecule has 296 valence electrons. The molecular formula is C57H43N5. The van der Waals surface area contributed by atoms with Crippen LogP contribution < -0.4 is 0 Å². The van der Waals surface area contributed by atoms with Crippen molar-refractivity contribution in [1.29, 1.82) is 10.5 Å². The van der Waals surface area contributed by atoms with Crippen molar-refractivity contribution in [2.45, 2.75) is 44.4 Å². The fourth-order valence-electron chi connectivity index (χ4n) is 11.3. The molecule has 7 aromatic carbocycles. The van der Waals surface area contributed by atoms with E-state index in [2.05, 4.69) is 110 Å². The summed E-state index contributed by atoms with van der Waals surface area (Å²) in [6.45, 7) is 2.57. The molecule has 3 aliphatic rings. The average Bonchev–Trinajstić information content (AvgIpc) is 3.85. The van der Waals surface area contributed by atoms with Crippen molar-refractivity contribution in [2.75, 3.05) is 0 Å². The average molecular weight is 798 g/mol. The third-order valence-corrected chi connectivity index (χ3v) is 14.4. The van der Waals surface area contributed by atoms with Crippen molar-refractivity contribution < 1.29 is 0 Å². The number of hydrogen-bond acceptors (Lipinski definition) is 5. The van der Waals surface area contributed by atoms with Gasteiger partial charge in [-0.2, -0.15) is 10.5 Å². The Balaban J connectivity index is 1.05. The molecule has 3 aliphatic carbocycles. The van der Waals surface area contributed by atoms with Gasteiger partial charge in [-0.3, -0.25) is 0 Å². The first-order chi connectivity index (χ1) is 30.4. The summed E-state index contributed by atoms with van der Waals surface area (Å²) < 4.78 is 0. The summed E-state index contributed by atoms with van der Waals surface area (Å²) in [5.74, 6) is 3.43. The van der Waals surface area contributed by atoms with Crippen LogP contribution >= 0.6 is 0 Å². The minimum atomic E-state index is 0.320. The SMILES string of the molecule is CC12CC3(c4ccc(-c5cc(-c6ccccc6)cc(-c6nc(-c7cccc(-c8ccc(C#N)cc8)c7)nc(-c7cccc(-c8cccc(C#N)c8)c7)n6)c5)cc4)C[C@H]1CC[C@H]2C3. The van der Waals surface area contributed by atoms with Gasteiger partial charge in [-0.25, -0.2) is 15.0 Å². The van der Waals surface area contributed by atoms with E-state index < -0.39 is 0 Å². The van der Waals surface area contributed by atoms with E-state index in [-0.39, 0.29) is 0 Å². The van der Waals surface area contributed by atoms with Gasteiger partial charge in [0.1, 0.15) is 0 Å². The Hall–Kier alpha value is -7.47. The fourth-order valence-corrected chi connectivity index (χ4v) is 11.3. The van der Waals surface area contributed by atoms with Crippen LogP contribution in [0.4, 0.5) is 0 Å². The van der Waals surface area contributed by atoms with Crippen LogP contribution in [0.15, 0.2) is 170 Å². The Morgan fingerprint density at radius 2 is 0.855 bits per heavy atom. The predicted octanol–water partition coefficient (Wildman–Crippen LogP) is 13.8. The van der Waals surface area contributed by atoms with Crippen LogP contribution in [0, 0.1) is 39.9 Å². The Bertz CT molecular complexity index is 3090. The number of aromatic nitrogens is 3. The predicted molar refractivity (Wildman–Crippen MR) is 247 cm³/mol. The van der Waals surface area contributed by atoms with E-state index >= 15 is 0 Å². The minimum Gasteiger partial charge on any atom is -0.208 e. The Morgan fingerprint density at radius 1 is 0.419 bits per heavy atom. The van der Waals surface area contributed by atoms with Crippen LogP contribution in [-0.2, 0) is 5.41 Å². The van der Waals surface area contributed by atoms with Crippen LogP contribution in [-0.4, -0.2) is 15.0 Å². The molecule has 62 heavy (non-hydrogen) atoms. The van der Waals surface area contributed by atoms with Gasteiger partial charge in [0, 0.05) is 16.7 Å². The smallest absolute Gasteiger partial charge is 0.164 e. The quantitative estimate of drug-likeness (QED) is 0.153. The van der Waals surface area contributed by atoms with Gasteiger partial charge in [-0.15, -0.1) is 0 Å². The summed E-state index contributed by atoms with van der Waals surface area (Å²) in [5.41, 5.74) is 14.6. The largest absolute Gasteiger partial charge is 0.208 e. The van der Waals surface area contributed by atoms with Gasteiger partial charge in [-0.1, -0.05) is 122 Å². The molecule has 5 nitrogen and oxygen atoms in total. The van der Waals surface area contributed by atoms with E-state index in [9.17, 15) is 10.5 Å². The van der Waals surface area contributed by atoms with Crippen molar-refractivity contribution >= 4 is 0 Å². The topological polar surface area (TPSA) is 86.2 Å². The molecule has 0 N–H and O–H groups in total. The molecule has 1 aromatic heterocycles. The molecule has 0 aliphatic heterocycles. The Morgan fingerprint density at radius 3 is 1.44 bits per heavy atom. The lowest BCUT2D eigenvalue weighted by Gasteiger charge is -2.33. The zero-order valence-electron chi connectivity index (χ0n) is 34.6. The fraction of sp³-hybridized carbons (Fsp3) is 0.175. The van der Waals surface area contributed by atoms with Gasteiger partial charge in [0.05, 0.1) is 23.3 Å². The second-order valence-electron chi connectivity index (χ2n) is 17.9. The van der Waals surface area contributed by atoms with Gasteiger partial charge < -0.3 is 0 Å². The maximum atomic E-state index is 9.64. The standard InChI is InChI=1S/C57H43N5/c1-56-36-57(32-51(56)24-25-52(56)33-57)50-22-20-41(21-23-50)48-29-47(39-9-3-2-4-10-39)30-49(31-48)55-61-53(45-14-6-12-43(27-45)40-18-16-37(34-58)17-19-40)60-54(62-55)46-15-7-13-44(28-46)42-11-5-8-38(26-42)35-59/h2-23,26-31,51-52H,24-25,32-33,36H2,1H3/t51-,52+,56?,57?. The van der Waals surface area contributed by atoms with Crippen molar-refractivity contribution in [3.8, 4) is 90.8 Å². The first kappa shape index (κ1) is 37.5. The maximum Gasteiger partial charge on any atom is 0.164 e. The second-order valence-corrected chi connectivity index (χ2v) is 17.9. The molecule has 0 amide bonds. The summed E-state index contributed by atoms with van der Waals surface area (Å²) in [7, 11) is 0. The monoisotopic (exact) mass is 797 g/mol. The van der Waals surface area contributed by atoms with E-state index in [1.54, 1.807) is 0 Å². The van der Waals surface area contributed by atoms with Crippen LogP contribution in [0.3, 0.4) is 0 Å². The van der Waals surface area contributed by atoms with E-state index in [1.165, 1.54) is 43.2 Å². The van der Waals surface area contributed by atoms with E-state index in [0.717, 1.165) is 67.5 Å². The lowest BCUT2D eigenvalue weighted by molar-refractivity contribution is 0.195. The summed E-state index contributed by atoms with van der Waals surface area (Å²) in [4.78, 5) is 15.7. The molecular weight excluding hydrogens is 755 g/mol. The number of hydrogen-bond donors (Lipinski definition) is 0. The summed E-state index contributed by atoms with van der Waals surface area (Å²) in [6, 6.07) is 62.9. The lowest BCUT2D eigenvalue weighted by Crippen LogP contribution is -2.26. The highest BCUT2D eigenvalue weighted by Gasteiger charge is 2.65. The molecule has 0 spiro atoms. The van der Waals surface area contributed by atoms with Crippen LogP contribution in [0.1, 0.15) is 55.7 Å². The minimum absolute atomic E-state index is 0.320. The summed E-state index contributed by atoms with van der Waals surface area (Å²) >= 11 is 0.